The lowest BCUT2D eigenvalue weighted by Gasteiger charge is -2.11. The number of nitrogens with one attached hydrogen (secondary N) is 2. The van der Waals surface area contributed by atoms with E-state index in [0.717, 1.165) is 5.56 Å². The molecule has 0 saturated carbocycles. The largest absolute Gasteiger partial charge is 0.492 e. The van der Waals surface area contributed by atoms with Crippen LogP contribution in [0.3, 0.4) is 0 Å². The number of carbonyl (C=O) groups excluding carboxylic acids is 1. The Morgan fingerprint density at radius 2 is 1.85 bits per heavy atom. The number of pyridine rings is 1. The number of rotatable bonds is 7. The Bertz CT molecular complexity index is 913. The van der Waals surface area contributed by atoms with Gasteiger partial charge in [-0.15, -0.1) is 0 Å². The molecule has 3 aromatic rings. The van der Waals surface area contributed by atoms with Gasteiger partial charge in [-0.05, 0) is 42.8 Å². The number of aromatic nitrogens is 1. The van der Waals surface area contributed by atoms with Gasteiger partial charge in [-0.1, -0.05) is 41.9 Å². The number of amides is 1. The van der Waals surface area contributed by atoms with E-state index in [0.29, 0.717) is 41.0 Å². The first-order chi connectivity index (χ1) is 13.2. The molecule has 2 aromatic carbocycles. The maximum atomic E-state index is 12.5. The van der Waals surface area contributed by atoms with Crippen LogP contribution in [0.15, 0.2) is 66.9 Å². The molecule has 2 N–H and O–H groups in total. The molecule has 0 atom stereocenters. The summed E-state index contributed by atoms with van der Waals surface area (Å²) >= 11 is 6.15. The number of halogens is 1. The van der Waals surface area contributed by atoms with Crippen molar-refractivity contribution in [3.8, 4) is 5.75 Å². The second kappa shape index (κ2) is 9.05. The van der Waals surface area contributed by atoms with Crippen LogP contribution in [0.4, 0.5) is 11.5 Å². The van der Waals surface area contributed by atoms with Gasteiger partial charge in [0.05, 0.1) is 17.9 Å². The molecule has 1 heterocycles. The fourth-order valence-corrected chi connectivity index (χ4v) is 2.71. The number of hydrogen-bond acceptors (Lipinski definition) is 4. The molecule has 0 aliphatic heterocycles. The number of ether oxygens (including phenoxy) is 1. The molecule has 5 nitrogen and oxygen atoms in total. The summed E-state index contributed by atoms with van der Waals surface area (Å²) in [6.45, 7) is 2.98. The molecule has 0 aliphatic carbocycles. The Labute approximate surface area is 163 Å². The Kier molecular flexibility index (Phi) is 6.28. The van der Waals surface area contributed by atoms with Gasteiger partial charge in [-0.3, -0.25) is 4.79 Å². The van der Waals surface area contributed by atoms with E-state index in [1.54, 1.807) is 18.2 Å². The van der Waals surface area contributed by atoms with Crippen molar-refractivity contribution < 1.29 is 9.53 Å². The zero-order chi connectivity index (χ0) is 19.1. The third-order valence-corrected chi connectivity index (χ3v) is 4.25. The van der Waals surface area contributed by atoms with Gasteiger partial charge >= 0.3 is 0 Å². The summed E-state index contributed by atoms with van der Waals surface area (Å²) in [6.07, 6.45) is 1.54. The second-order valence-electron chi connectivity index (χ2n) is 5.76. The molecule has 0 unspecified atom stereocenters. The van der Waals surface area contributed by atoms with Crippen LogP contribution >= 0.6 is 11.6 Å². The third kappa shape index (κ3) is 4.99. The van der Waals surface area contributed by atoms with Gasteiger partial charge in [0.2, 0.25) is 0 Å². The molecule has 0 radical (unpaired) electrons. The monoisotopic (exact) mass is 381 g/mol. The standard InChI is InChI=1S/C21H20ClN3O2/c1-2-27-19-10-6-5-9-18(19)25-21(26)16-11-12-20(24-14-16)23-13-15-7-3-4-8-17(15)22/h3-12,14H,2,13H2,1H3,(H,23,24)(H,25,26). The minimum absolute atomic E-state index is 0.243. The number of nitrogens with zero attached hydrogens (tertiary/aromatic N) is 1. The van der Waals surface area contributed by atoms with Crippen LogP contribution in [-0.4, -0.2) is 17.5 Å². The maximum Gasteiger partial charge on any atom is 0.257 e. The molecule has 0 spiro atoms. The molecule has 6 heteroatoms. The number of para-hydroxylation sites is 2. The van der Waals surface area contributed by atoms with Gasteiger partial charge in [0.15, 0.2) is 0 Å². The molecule has 0 bridgehead atoms. The van der Waals surface area contributed by atoms with Crippen LogP contribution in [0.2, 0.25) is 5.02 Å². The van der Waals surface area contributed by atoms with Crippen molar-refractivity contribution in [2.45, 2.75) is 13.5 Å². The van der Waals surface area contributed by atoms with E-state index in [4.69, 9.17) is 16.3 Å². The van der Waals surface area contributed by atoms with Gasteiger partial charge in [0, 0.05) is 17.8 Å². The van der Waals surface area contributed by atoms with Crippen molar-refractivity contribution in [3.05, 3.63) is 83.0 Å². The maximum absolute atomic E-state index is 12.5. The van der Waals surface area contributed by atoms with E-state index in [-0.39, 0.29) is 5.91 Å². The van der Waals surface area contributed by atoms with E-state index in [1.807, 2.05) is 49.4 Å². The average Bonchev–Trinajstić information content (AvgIpc) is 2.69. The van der Waals surface area contributed by atoms with Gasteiger partial charge < -0.3 is 15.4 Å². The number of benzene rings is 2. The fraction of sp³-hybridized carbons (Fsp3) is 0.143. The average molecular weight is 382 g/mol. The van der Waals surface area contributed by atoms with Crippen LogP contribution < -0.4 is 15.4 Å². The molecule has 0 fully saturated rings. The van der Waals surface area contributed by atoms with Crippen molar-refractivity contribution in [3.63, 3.8) is 0 Å². The van der Waals surface area contributed by atoms with Crippen LogP contribution in [0.25, 0.3) is 0 Å². The molecule has 3 rings (SSSR count). The smallest absolute Gasteiger partial charge is 0.257 e. The predicted octanol–water partition coefficient (Wildman–Crippen LogP) is 5.00. The van der Waals surface area contributed by atoms with Crippen molar-refractivity contribution in [1.82, 2.24) is 4.98 Å². The molecule has 138 valence electrons. The van der Waals surface area contributed by atoms with E-state index in [1.165, 1.54) is 6.20 Å². The zero-order valence-electron chi connectivity index (χ0n) is 14.9. The Balaban J connectivity index is 1.63. The Hall–Kier alpha value is -3.05. The Morgan fingerprint density at radius 3 is 2.59 bits per heavy atom. The molecule has 0 aliphatic rings. The molecular formula is C21H20ClN3O2. The van der Waals surface area contributed by atoms with Gasteiger partial charge in [0.25, 0.3) is 5.91 Å². The molecule has 1 aromatic heterocycles. The SMILES string of the molecule is CCOc1ccccc1NC(=O)c1ccc(NCc2ccccc2Cl)nc1. The number of anilines is 2. The number of carbonyl (C=O) groups is 1. The van der Waals surface area contributed by atoms with Crippen LogP contribution in [0, 0.1) is 0 Å². The predicted molar refractivity (Wildman–Crippen MR) is 109 cm³/mol. The quantitative estimate of drug-likeness (QED) is 0.604. The van der Waals surface area contributed by atoms with Gasteiger partial charge in [0.1, 0.15) is 11.6 Å². The summed E-state index contributed by atoms with van der Waals surface area (Å²) in [6, 6.07) is 18.4. The summed E-state index contributed by atoms with van der Waals surface area (Å²) in [5.41, 5.74) is 2.07. The van der Waals surface area contributed by atoms with E-state index >= 15 is 0 Å². The lowest BCUT2D eigenvalue weighted by atomic mass is 10.2. The van der Waals surface area contributed by atoms with Gasteiger partial charge in [-0.25, -0.2) is 4.98 Å². The highest BCUT2D eigenvalue weighted by Gasteiger charge is 2.10. The van der Waals surface area contributed by atoms with Crippen molar-refractivity contribution in [2.75, 3.05) is 17.2 Å². The minimum atomic E-state index is -0.243. The van der Waals surface area contributed by atoms with Gasteiger partial charge in [-0.2, -0.15) is 0 Å². The first-order valence-electron chi connectivity index (χ1n) is 8.64. The lowest BCUT2D eigenvalue weighted by Crippen LogP contribution is -2.13. The summed E-state index contributed by atoms with van der Waals surface area (Å²) < 4.78 is 5.53. The zero-order valence-corrected chi connectivity index (χ0v) is 15.7. The van der Waals surface area contributed by atoms with Crippen LogP contribution in [0.1, 0.15) is 22.8 Å². The van der Waals surface area contributed by atoms with E-state index in [2.05, 4.69) is 15.6 Å². The minimum Gasteiger partial charge on any atom is -0.492 e. The molecular weight excluding hydrogens is 362 g/mol. The highest BCUT2D eigenvalue weighted by Crippen LogP contribution is 2.24. The lowest BCUT2D eigenvalue weighted by molar-refractivity contribution is 0.102. The van der Waals surface area contributed by atoms with E-state index < -0.39 is 0 Å². The summed E-state index contributed by atoms with van der Waals surface area (Å²) in [5, 5.41) is 6.75. The molecule has 0 saturated heterocycles. The highest BCUT2D eigenvalue weighted by atomic mass is 35.5. The molecule has 27 heavy (non-hydrogen) atoms. The summed E-state index contributed by atoms with van der Waals surface area (Å²) in [5.74, 6) is 1.06. The third-order valence-electron chi connectivity index (χ3n) is 3.88. The second-order valence-corrected chi connectivity index (χ2v) is 6.17. The van der Waals surface area contributed by atoms with E-state index in [9.17, 15) is 4.79 Å². The van der Waals surface area contributed by atoms with Crippen LogP contribution in [-0.2, 0) is 6.54 Å². The normalized spacial score (nSPS) is 10.3. The topological polar surface area (TPSA) is 63.2 Å². The number of hydrogen-bond donors (Lipinski definition) is 2. The first-order valence-corrected chi connectivity index (χ1v) is 9.01. The molecule has 1 amide bonds. The van der Waals surface area contributed by atoms with Crippen molar-refractivity contribution in [2.24, 2.45) is 0 Å². The Morgan fingerprint density at radius 1 is 1.07 bits per heavy atom. The first kappa shape index (κ1) is 18.7. The van der Waals surface area contributed by atoms with Crippen molar-refractivity contribution >= 4 is 29.0 Å². The summed E-state index contributed by atoms with van der Waals surface area (Å²) in [7, 11) is 0. The summed E-state index contributed by atoms with van der Waals surface area (Å²) in [4.78, 5) is 16.8. The fourth-order valence-electron chi connectivity index (χ4n) is 2.51. The van der Waals surface area contributed by atoms with Crippen LogP contribution in [0.5, 0.6) is 5.75 Å². The van der Waals surface area contributed by atoms with Crippen molar-refractivity contribution in [1.29, 1.82) is 0 Å². The highest BCUT2D eigenvalue weighted by molar-refractivity contribution is 6.31.